The van der Waals surface area contributed by atoms with E-state index in [1.165, 1.54) is 16.8 Å². The van der Waals surface area contributed by atoms with E-state index in [9.17, 15) is 5.11 Å². The van der Waals surface area contributed by atoms with Gasteiger partial charge in [-0.05, 0) is 42.7 Å². The van der Waals surface area contributed by atoms with E-state index >= 15 is 0 Å². The van der Waals surface area contributed by atoms with Gasteiger partial charge in [-0.2, -0.15) is 0 Å². The first-order chi connectivity index (χ1) is 7.96. The molecule has 3 aliphatic carbocycles. The number of benzene rings is 1. The van der Waals surface area contributed by atoms with E-state index in [1.54, 1.807) is 0 Å². The first-order valence-electron chi connectivity index (χ1n) is 6.50. The molecule has 92 valence electrons. The van der Waals surface area contributed by atoms with Crippen molar-refractivity contribution in [1.82, 2.24) is 0 Å². The molecule has 1 aromatic rings. The molecule has 2 bridgehead atoms. The van der Waals surface area contributed by atoms with Crippen LogP contribution in [0.1, 0.15) is 43.7 Å². The van der Waals surface area contributed by atoms with E-state index in [-0.39, 0.29) is 5.41 Å². The molecule has 1 aromatic carbocycles. The van der Waals surface area contributed by atoms with Crippen molar-refractivity contribution >= 4 is 5.69 Å². The molecule has 0 heterocycles. The summed E-state index contributed by atoms with van der Waals surface area (Å²) in [5.74, 6) is 0. The number of rotatable bonds is 1. The van der Waals surface area contributed by atoms with Crippen LogP contribution < -0.4 is 4.90 Å². The van der Waals surface area contributed by atoms with Gasteiger partial charge in [0.1, 0.15) is 0 Å². The van der Waals surface area contributed by atoms with Crippen LogP contribution in [0.25, 0.3) is 0 Å². The molecule has 4 rings (SSSR count). The second-order valence-corrected chi connectivity index (χ2v) is 6.19. The first-order valence-corrected chi connectivity index (χ1v) is 6.50. The maximum Gasteiger partial charge on any atom is 0.0920 e. The first kappa shape index (κ1) is 11.1. The summed E-state index contributed by atoms with van der Waals surface area (Å²) in [7, 11) is 4.12. The van der Waals surface area contributed by atoms with Crippen LogP contribution in [-0.4, -0.2) is 19.2 Å². The summed E-state index contributed by atoms with van der Waals surface area (Å²) in [6.07, 6.45) is 4.07. The molecule has 0 saturated heterocycles. The molecule has 0 aliphatic heterocycles. The number of anilines is 1. The second-order valence-electron chi connectivity index (χ2n) is 6.19. The monoisotopic (exact) mass is 231 g/mol. The number of fused-ring (bicyclic) bond motifs is 2. The quantitative estimate of drug-likeness (QED) is 0.803. The summed E-state index contributed by atoms with van der Waals surface area (Å²) in [4.78, 5) is 2.13. The number of nitrogens with zero attached hydrogens (tertiary/aromatic N) is 1. The summed E-state index contributed by atoms with van der Waals surface area (Å²) >= 11 is 0. The number of hydrogen-bond donors (Lipinski definition) is 1. The van der Waals surface area contributed by atoms with Gasteiger partial charge in [-0.3, -0.25) is 0 Å². The Morgan fingerprint density at radius 3 is 2.35 bits per heavy atom. The normalized spacial score (nSPS) is 34.6. The predicted octanol–water partition coefficient (Wildman–Crippen LogP) is 2.79. The molecule has 2 heteroatoms. The SMILES string of the molecule is CN(C)c1cccc2c1C1(O)CCC2(C)CC1. The van der Waals surface area contributed by atoms with Crippen molar-refractivity contribution in [1.29, 1.82) is 0 Å². The standard InChI is InChI=1S/C15H21NO/c1-14-7-9-15(17,10-8-14)13-11(14)5-4-6-12(13)16(2)3/h4-6,17H,7-10H2,1-3H3. The van der Waals surface area contributed by atoms with Gasteiger partial charge in [0, 0.05) is 25.3 Å². The van der Waals surface area contributed by atoms with Crippen molar-refractivity contribution < 1.29 is 5.11 Å². The van der Waals surface area contributed by atoms with Crippen molar-refractivity contribution in [3.05, 3.63) is 29.3 Å². The van der Waals surface area contributed by atoms with E-state index in [4.69, 9.17) is 0 Å². The van der Waals surface area contributed by atoms with Crippen molar-refractivity contribution in [3.63, 3.8) is 0 Å². The fourth-order valence-corrected chi connectivity index (χ4v) is 3.64. The molecule has 0 atom stereocenters. The van der Waals surface area contributed by atoms with Crippen LogP contribution >= 0.6 is 0 Å². The third-order valence-electron chi connectivity index (χ3n) is 4.82. The summed E-state index contributed by atoms with van der Waals surface area (Å²) in [5.41, 5.74) is 3.48. The van der Waals surface area contributed by atoms with Gasteiger partial charge in [-0.25, -0.2) is 0 Å². The highest BCUT2D eigenvalue weighted by Gasteiger charge is 2.50. The molecule has 0 radical (unpaired) electrons. The van der Waals surface area contributed by atoms with Crippen LogP contribution in [0, 0.1) is 0 Å². The summed E-state index contributed by atoms with van der Waals surface area (Å²) in [5, 5.41) is 10.9. The lowest BCUT2D eigenvalue weighted by Gasteiger charge is -2.51. The number of aliphatic hydroxyl groups is 1. The Hall–Kier alpha value is -1.02. The smallest absolute Gasteiger partial charge is 0.0920 e. The molecule has 2 nitrogen and oxygen atoms in total. The fraction of sp³-hybridized carbons (Fsp3) is 0.600. The molecular formula is C15H21NO. The lowest BCUT2D eigenvalue weighted by atomic mass is 9.56. The molecule has 1 N–H and O–H groups in total. The van der Waals surface area contributed by atoms with Crippen LogP contribution in [0.2, 0.25) is 0 Å². The molecule has 0 amide bonds. The number of hydrogen-bond acceptors (Lipinski definition) is 2. The van der Waals surface area contributed by atoms with Crippen molar-refractivity contribution in [2.45, 2.75) is 43.6 Å². The Bertz CT molecular complexity index is 456. The van der Waals surface area contributed by atoms with Gasteiger partial charge in [0.05, 0.1) is 5.60 Å². The van der Waals surface area contributed by atoms with Gasteiger partial charge < -0.3 is 10.0 Å². The zero-order chi connectivity index (χ0) is 12.3. The van der Waals surface area contributed by atoms with E-state index in [2.05, 4.69) is 44.1 Å². The molecule has 1 fully saturated rings. The van der Waals surface area contributed by atoms with Crippen LogP contribution in [0.15, 0.2) is 18.2 Å². The van der Waals surface area contributed by atoms with Gasteiger partial charge in [0.25, 0.3) is 0 Å². The zero-order valence-corrected chi connectivity index (χ0v) is 11.0. The minimum Gasteiger partial charge on any atom is -0.385 e. The van der Waals surface area contributed by atoms with E-state index in [1.807, 2.05) is 0 Å². The van der Waals surface area contributed by atoms with Crippen molar-refractivity contribution in [3.8, 4) is 0 Å². The van der Waals surface area contributed by atoms with Gasteiger partial charge >= 0.3 is 0 Å². The maximum atomic E-state index is 10.9. The highest BCUT2D eigenvalue weighted by molar-refractivity contribution is 5.62. The molecule has 0 aromatic heterocycles. The van der Waals surface area contributed by atoms with E-state index in [0.29, 0.717) is 0 Å². The average molecular weight is 231 g/mol. The minimum absolute atomic E-state index is 0.284. The largest absolute Gasteiger partial charge is 0.385 e. The lowest BCUT2D eigenvalue weighted by Crippen LogP contribution is -2.46. The topological polar surface area (TPSA) is 23.5 Å². The zero-order valence-electron chi connectivity index (χ0n) is 11.0. The summed E-state index contributed by atoms with van der Waals surface area (Å²) < 4.78 is 0. The van der Waals surface area contributed by atoms with Crippen molar-refractivity contribution in [2.75, 3.05) is 19.0 Å². The summed E-state index contributed by atoms with van der Waals surface area (Å²) in [6.45, 7) is 2.35. The molecule has 0 unspecified atom stereocenters. The molecule has 3 aliphatic rings. The third kappa shape index (κ3) is 1.37. The van der Waals surface area contributed by atoms with Gasteiger partial charge in [0.2, 0.25) is 0 Å². The van der Waals surface area contributed by atoms with E-state index < -0.39 is 5.60 Å². The molecule has 1 saturated carbocycles. The Labute approximate surface area is 103 Å². The Balaban J connectivity index is 2.29. The van der Waals surface area contributed by atoms with Gasteiger partial charge in [-0.1, -0.05) is 19.1 Å². The van der Waals surface area contributed by atoms with Crippen LogP contribution in [-0.2, 0) is 11.0 Å². The van der Waals surface area contributed by atoms with Crippen LogP contribution in [0.5, 0.6) is 0 Å². The predicted molar refractivity (Wildman–Crippen MR) is 70.5 cm³/mol. The molecular weight excluding hydrogens is 210 g/mol. The average Bonchev–Trinajstić information content (AvgIpc) is 2.31. The highest BCUT2D eigenvalue weighted by atomic mass is 16.3. The highest BCUT2D eigenvalue weighted by Crippen LogP contribution is 2.57. The third-order valence-corrected chi connectivity index (χ3v) is 4.82. The lowest BCUT2D eigenvalue weighted by molar-refractivity contribution is -0.0364. The Kier molecular flexibility index (Phi) is 2.13. The Morgan fingerprint density at radius 2 is 1.76 bits per heavy atom. The second kappa shape index (κ2) is 3.26. The minimum atomic E-state index is -0.575. The van der Waals surface area contributed by atoms with E-state index in [0.717, 1.165) is 25.7 Å². The van der Waals surface area contributed by atoms with Crippen molar-refractivity contribution in [2.24, 2.45) is 0 Å². The molecule has 0 spiro atoms. The van der Waals surface area contributed by atoms with Gasteiger partial charge in [-0.15, -0.1) is 0 Å². The van der Waals surface area contributed by atoms with Gasteiger partial charge in [0.15, 0.2) is 0 Å². The Morgan fingerprint density at radius 1 is 1.12 bits per heavy atom. The summed E-state index contributed by atoms with van der Waals surface area (Å²) in [6, 6.07) is 6.47. The fourth-order valence-electron chi connectivity index (χ4n) is 3.64. The van der Waals surface area contributed by atoms with Crippen LogP contribution in [0.3, 0.4) is 0 Å². The molecule has 17 heavy (non-hydrogen) atoms. The maximum absolute atomic E-state index is 10.9. The van der Waals surface area contributed by atoms with Crippen LogP contribution in [0.4, 0.5) is 5.69 Å².